The van der Waals surface area contributed by atoms with Crippen molar-refractivity contribution < 1.29 is 22.3 Å². The summed E-state index contributed by atoms with van der Waals surface area (Å²) in [6, 6.07) is 5.73. The van der Waals surface area contributed by atoms with E-state index < -0.39 is 29.5 Å². The molecule has 0 N–H and O–H groups in total. The quantitative estimate of drug-likeness (QED) is 0.460. The Labute approximate surface area is 158 Å². The summed E-state index contributed by atoms with van der Waals surface area (Å²) < 4.78 is 57.7. The first-order chi connectivity index (χ1) is 13.2. The fourth-order valence-corrected chi connectivity index (χ4v) is 2.29. The Kier molecular flexibility index (Phi) is 5.69. The molecule has 6 nitrogen and oxygen atoms in total. The molecule has 146 valence electrons. The molecule has 0 radical (unpaired) electrons. The molecule has 3 rings (SSSR count). The number of hydrogen-bond donors (Lipinski definition) is 0. The lowest BCUT2D eigenvalue weighted by atomic mass is 10.2. The van der Waals surface area contributed by atoms with Crippen LogP contribution in [-0.4, -0.2) is 32.0 Å². The van der Waals surface area contributed by atoms with Crippen LogP contribution >= 0.6 is 9.24 Å². The minimum atomic E-state index is -3.10. The first-order valence-electron chi connectivity index (χ1n) is 7.85. The van der Waals surface area contributed by atoms with Crippen LogP contribution in [0.1, 0.15) is 5.56 Å². The number of benzene rings is 1. The molecule has 0 saturated heterocycles. The highest BCUT2D eigenvalue weighted by atomic mass is 31.0. The van der Waals surface area contributed by atoms with Gasteiger partial charge >= 0.3 is 6.01 Å². The van der Waals surface area contributed by atoms with E-state index >= 15 is 0 Å². The second-order valence-electron chi connectivity index (χ2n) is 5.77. The largest absolute Gasteiger partial charge is 0.457 e. The minimum absolute atomic E-state index is 0.0742. The molecule has 0 bridgehead atoms. The Morgan fingerprint density at radius 2 is 1.79 bits per heavy atom. The summed E-state index contributed by atoms with van der Waals surface area (Å²) in [5.74, 6) is -2.02. The summed E-state index contributed by atoms with van der Waals surface area (Å²) in [5, 5.41) is 4.15. The molecular formula is C17H13F4N4O2P. The predicted octanol–water partition coefficient (Wildman–Crippen LogP) is 2.87. The second kappa shape index (κ2) is 8.02. The molecule has 0 aliphatic heterocycles. The van der Waals surface area contributed by atoms with Crippen LogP contribution < -0.4 is 10.3 Å². The smallest absolute Gasteiger partial charge is 0.316 e. The zero-order valence-corrected chi connectivity index (χ0v) is 15.3. The van der Waals surface area contributed by atoms with Gasteiger partial charge in [0.2, 0.25) is 0 Å². The molecule has 2 heterocycles. The van der Waals surface area contributed by atoms with Gasteiger partial charge in [0.15, 0.2) is 18.2 Å². The highest BCUT2D eigenvalue weighted by Gasteiger charge is 2.22. The van der Waals surface area contributed by atoms with Crippen LogP contribution in [0.2, 0.25) is 0 Å². The number of alkyl halides is 2. The molecule has 3 aromatic rings. The molecule has 28 heavy (non-hydrogen) atoms. The van der Waals surface area contributed by atoms with E-state index in [2.05, 4.69) is 15.1 Å². The Morgan fingerprint density at radius 3 is 2.43 bits per heavy atom. The molecule has 1 unspecified atom stereocenters. The van der Waals surface area contributed by atoms with Crippen LogP contribution in [0.15, 0.2) is 47.5 Å². The maximum absolute atomic E-state index is 13.3. The van der Waals surface area contributed by atoms with Gasteiger partial charge in [0, 0.05) is 24.0 Å². The molecule has 0 fully saturated rings. The maximum Gasteiger partial charge on any atom is 0.316 e. The summed E-state index contributed by atoms with van der Waals surface area (Å²) in [6.07, 6.45) is 2.61. The van der Waals surface area contributed by atoms with Crippen molar-refractivity contribution in [3.05, 3.63) is 70.3 Å². The van der Waals surface area contributed by atoms with Crippen molar-refractivity contribution in [2.45, 2.75) is 12.2 Å². The highest BCUT2D eigenvalue weighted by molar-refractivity contribution is 7.18. The topological polar surface area (TPSA) is 69.9 Å². The van der Waals surface area contributed by atoms with Crippen LogP contribution in [0.25, 0.3) is 11.3 Å². The molecule has 1 aromatic carbocycles. The third-order valence-electron chi connectivity index (χ3n) is 3.50. The average molecular weight is 412 g/mol. The standard InChI is InChI=1S/C17H13F4N4O2P/c18-12-2-1-10(5-13(12)19)8-25-15(26)4-3-14(24-25)11-6-22-16(23-7-11)27-9-17(20,21)28/h1-7H,8-9,28H2. The van der Waals surface area contributed by atoms with Crippen molar-refractivity contribution in [2.24, 2.45) is 0 Å². The number of ether oxygens (including phenoxy) is 1. The average Bonchev–Trinajstić information content (AvgIpc) is 2.65. The lowest BCUT2D eigenvalue weighted by Gasteiger charge is -2.10. The van der Waals surface area contributed by atoms with E-state index in [0.29, 0.717) is 16.8 Å². The summed E-state index contributed by atoms with van der Waals surface area (Å²) in [7, 11) is 1.34. The summed E-state index contributed by atoms with van der Waals surface area (Å²) in [4.78, 5) is 19.6. The van der Waals surface area contributed by atoms with Gasteiger partial charge in [-0.2, -0.15) is 13.9 Å². The van der Waals surface area contributed by atoms with Crippen LogP contribution in [0.4, 0.5) is 17.6 Å². The molecule has 0 aliphatic rings. The molecule has 0 amide bonds. The van der Waals surface area contributed by atoms with Crippen molar-refractivity contribution in [3.8, 4) is 17.3 Å². The van der Waals surface area contributed by atoms with E-state index in [-0.39, 0.29) is 12.6 Å². The lowest BCUT2D eigenvalue weighted by Crippen LogP contribution is -2.23. The molecular weight excluding hydrogens is 399 g/mol. The zero-order chi connectivity index (χ0) is 20.3. The van der Waals surface area contributed by atoms with E-state index in [4.69, 9.17) is 4.74 Å². The van der Waals surface area contributed by atoms with Gasteiger partial charge in [0.05, 0.1) is 12.2 Å². The highest BCUT2D eigenvalue weighted by Crippen LogP contribution is 2.22. The molecule has 0 saturated carbocycles. The molecule has 2 aromatic heterocycles. The number of halogens is 4. The van der Waals surface area contributed by atoms with Crippen molar-refractivity contribution >= 4 is 9.24 Å². The van der Waals surface area contributed by atoms with Gasteiger partial charge < -0.3 is 4.74 Å². The Hall–Kier alpha value is -2.87. The molecule has 11 heteroatoms. The van der Waals surface area contributed by atoms with Crippen molar-refractivity contribution in [1.29, 1.82) is 0 Å². The SMILES string of the molecule is O=c1ccc(-c2cnc(OCC(F)(F)P)nc2)nn1Cc1ccc(F)c(F)c1. The predicted molar refractivity (Wildman–Crippen MR) is 95.1 cm³/mol. The molecule has 0 spiro atoms. The van der Waals surface area contributed by atoms with Gasteiger partial charge in [-0.25, -0.2) is 23.4 Å². The fourth-order valence-electron chi connectivity index (χ4n) is 2.21. The molecule has 0 aliphatic carbocycles. The zero-order valence-electron chi connectivity index (χ0n) is 14.2. The number of hydrogen-bond acceptors (Lipinski definition) is 5. The third kappa shape index (κ3) is 5.10. The van der Waals surface area contributed by atoms with Gasteiger partial charge in [0.1, 0.15) is 0 Å². The van der Waals surface area contributed by atoms with Gasteiger partial charge in [-0.3, -0.25) is 4.79 Å². The first kappa shape index (κ1) is 19.9. The third-order valence-corrected chi connectivity index (χ3v) is 3.67. The van der Waals surface area contributed by atoms with E-state index in [1.165, 1.54) is 39.8 Å². The summed E-state index contributed by atoms with van der Waals surface area (Å²) in [6.45, 7) is -0.969. The normalized spacial score (nSPS) is 11.5. The Bertz CT molecular complexity index is 1040. The van der Waals surface area contributed by atoms with Crippen LogP contribution in [0.5, 0.6) is 6.01 Å². The van der Waals surface area contributed by atoms with Gasteiger partial charge in [-0.15, -0.1) is 0 Å². The summed E-state index contributed by atoms with van der Waals surface area (Å²) >= 11 is 0. The van der Waals surface area contributed by atoms with E-state index in [1.807, 2.05) is 0 Å². The van der Waals surface area contributed by atoms with Crippen molar-refractivity contribution in [3.63, 3.8) is 0 Å². The van der Waals surface area contributed by atoms with E-state index in [0.717, 1.165) is 16.8 Å². The maximum atomic E-state index is 13.3. The number of aromatic nitrogens is 4. The number of nitrogens with zero attached hydrogens (tertiary/aromatic N) is 4. The second-order valence-corrected chi connectivity index (χ2v) is 6.61. The van der Waals surface area contributed by atoms with Crippen molar-refractivity contribution in [2.75, 3.05) is 6.61 Å². The van der Waals surface area contributed by atoms with E-state index in [1.54, 1.807) is 0 Å². The number of rotatable bonds is 6. The minimum Gasteiger partial charge on any atom is -0.457 e. The van der Waals surface area contributed by atoms with E-state index in [9.17, 15) is 22.4 Å². The van der Waals surface area contributed by atoms with Crippen LogP contribution in [0.3, 0.4) is 0 Å². The van der Waals surface area contributed by atoms with Crippen molar-refractivity contribution in [1.82, 2.24) is 19.7 Å². The molecule has 1 atom stereocenters. The Morgan fingerprint density at radius 1 is 1.07 bits per heavy atom. The first-order valence-corrected chi connectivity index (χ1v) is 8.43. The van der Waals surface area contributed by atoms with Crippen LogP contribution in [-0.2, 0) is 6.54 Å². The van der Waals surface area contributed by atoms with Crippen LogP contribution in [0, 0.1) is 11.6 Å². The monoisotopic (exact) mass is 412 g/mol. The fraction of sp³-hybridized carbons (Fsp3) is 0.176. The Balaban J connectivity index is 1.80. The van der Waals surface area contributed by atoms with Gasteiger partial charge in [-0.05, 0) is 23.8 Å². The van der Waals surface area contributed by atoms with Gasteiger partial charge in [0.25, 0.3) is 11.2 Å². The lowest BCUT2D eigenvalue weighted by molar-refractivity contribution is 0.0422. The summed E-state index contributed by atoms with van der Waals surface area (Å²) in [5.41, 5.74) is -2.46. The van der Waals surface area contributed by atoms with Gasteiger partial charge in [-0.1, -0.05) is 15.3 Å².